The van der Waals surface area contributed by atoms with Gasteiger partial charge in [0.25, 0.3) is 0 Å². The van der Waals surface area contributed by atoms with E-state index in [0.29, 0.717) is 4.90 Å². The Morgan fingerprint density at radius 3 is 2.54 bits per heavy atom. The number of hydrogen-bond donors (Lipinski definition) is 3. The summed E-state index contributed by atoms with van der Waals surface area (Å²) in [6.45, 7) is 5.35. The van der Waals surface area contributed by atoms with Crippen molar-refractivity contribution in [3.63, 3.8) is 0 Å². The van der Waals surface area contributed by atoms with Gasteiger partial charge < -0.3 is 10.2 Å². The molecule has 2 fully saturated rings. The summed E-state index contributed by atoms with van der Waals surface area (Å²) in [6, 6.07) is 5.80. The Labute approximate surface area is 150 Å². The molecule has 134 valence electrons. The Morgan fingerprint density at radius 1 is 1.25 bits per heavy atom. The molecule has 7 heteroatoms. The highest BCUT2D eigenvalue weighted by atomic mass is 32.2. The van der Waals surface area contributed by atoms with Crippen molar-refractivity contribution in [2.24, 2.45) is 0 Å². The van der Waals surface area contributed by atoms with E-state index in [0.717, 1.165) is 63.1 Å². The van der Waals surface area contributed by atoms with Gasteiger partial charge in [0.1, 0.15) is 4.90 Å². The standard InChI is InChI=1S/C17H27N3O2S2/c1-13(23)14-6-7-16(20-10-8-18-9-11-20)17(12-14)24(21,22)19-15-4-2-3-5-15/h6-7,12-13,15,18-19,23H,2-5,8-11H2,1H3. The van der Waals surface area contributed by atoms with Gasteiger partial charge in [-0.2, -0.15) is 12.6 Å². The zero-order chi connectivity index (χ0) is 17.2. The number of hydrogen-bond acceptors (Lipinski definition) is 5. The number of thiol groups is 1. The third-order valence-corrected chi connectivity index (χ3v) is 6.74. The van der Waals surface area contributed by atoms with Gasteiger partial charge in [-0.05, 0) is 37.5 Å². The van der Waals surface area contributed by atoms with Gasteiger partial charge in [0.15, 0.2) is 0 Å². The molecule has 1 heterocycles. The zero-order valence-corrected chi connectivity index (χ0v) is 15.9. The number of sulfonamides is 1. The van der Waals surface area contributed by atoms with E-state index in [1.54, 1.807) is 6.07 Å². The lowest BCUT2D eigenvalue weighted by atomic mass is 10.1. The molecule has 1 aliphatic carbocycles. The molecule has 0 bridgehead atoms. The normalized spacial score (nSPS) is 21.2. The molecular formula is C17H27N3O2S2. The fraction of sp³-hybridized carbons (Fsp3) is 0.647. The van der Waals surface area contributed by atoms with Crippen molar-refractivity contribution in [3.8, 4) is 0 Å². The van der Waals surface area contributed by atoms with Crippen LogP contribution in [-0.4, -0.2) is 40.6 Å². The molecule has 1 saturated carbocycles. The topological polar surface area (TPSA) is 61.4 Å². The van der Waals surface area contributed by atoms with Gasteiger partial charge in [-0.25, -0.2) is 13.1 Å². The minimum absolute atomic E-state index is 0.00232. The molecule has 3 rings (SSSR count). The van der Waals surface area contributed by atoms with E-state index in [1.807, 2.05) is 19.1 Å². The predicted octanol–water partition coefficient (Wildman–Crippen LogP) is 2.31. The van der Waals surface area contributed by atoms with Crippen LogP contribution in [0.3, 0.4) is 0 Å². The minimum Gasteiger partial charge on any atom is -0.368 e. The summed E-state index contributed by atoms with van der Waals surface area (Å²) in [6.07, 6.45) is 4.08. The molecule has 0 aromatic heterocycles. The second-order valence-electron chi connectivity index (χ2n) is 6.74. The first kappa shape index (κ1) is 18.0. The summed E-state index contributed by atoms with van der Waals surface area (Å²) in [5, 5.41) is 3.31. The number of piperazine rings is 1. The van der Waals surface area contributed by atoms with Crippen LogP contribution in [0.15, 0.2) is 23.1 Å². The first-order chi connectivity index (χ1) is 11.5. The largest absolute Gasteiger partial charge is 0.368 e. The first-order valence-electron chi connectivity index (χ1n) is 8.77. The van der Waals surface area contributed by atoms with Crippen LogP contribution in [-0.2, 0) is 10.0 Å². The average Bonchev–Trinajstić information content (AvgIpc) is 3.07. The molecule has 1 unspecified atom stereocenters. The number of anilines is 1. The Bertz CT molecular complexity index is 664. The van der Waals surface area contributed by atoms with Gasteiger partial charge >= 0.3 is 0 Å². The maximum Gasteiger partial charge on any atom is 0.242 e. The maximum atomic E-state index is 13.0. The van der Waals surface area contributed by atoms with E-state index in [1.165, 1.54) is 0 Å². The molecule has 5 nitrogen and oxygen atoms in total. The third-order valence-electron chi connectivity index (χ3n) is 4.89. The van der Waals surface area contributed by atoms with E-state index in [2.05, 4.69) is 27.6 Å². The highest BCUT2D eigenvalue weighted by molar-refractivity contribution is 7.89. The molecule has 1 aromatic carbocycles. The van der Waals surface area contributed by atoms with E-state index in [9.17, 15) is 8.42 Å². The summed E-state index contributed by atoms with van der Waals surface area (Å²) in [5.74, 6) is 0. The fourth-order valence-corrected chi connectivity index (χ4v) is 5.23. The smallest absolute Gasteiger partial charge is 0.242 e. The van der Waals surface area contributed by atoms with Crippen molar-refractivity contribution in [2.75, 3.05) is 31.1 Å². The van der Waals surface area contributed by atoms with E-state index >= 15 is 0 Å². The Kier molecular flexibility index (Phi) is 5.74. The summed E-state index contributed by atoms with van der Waals surface area (Å²) >= 11 is 4.47. The van der Waals surface area contributed by atoms with Gasteiger partial charge in [0, 0.05) is 37.5 Å². The van der Waals surface area contributed by atoms with Gasteiger partial charge in [0.05, 0.1) is 5.69 Å². The molecule has 1 aromatic rings. The lowest BCUT2D eigenvalue weighted by Gasteiger charge is -2.31. The molecule has 1 atom stereocenters. The molecule has 0 radical (unpaired) electrons. The van der Waals surface area contributed by atoms with Crippen LogP contribution in [0.5, 0.6) is 0 Å². The summed E-state index contributed by atoms with van der Waals surface area (Å²) in [7, 11) is -3.53. The molecule has 0 amide bonds. The SMILES string of the molecule is CC(S)c1ccc(N2CCNCC2)c(S(=O)(=O)NC2CCCC2)c1. The zero-order valence-electron chi connectivity index (χ0n) is 14.2. The molecule has 0 spiro atoms. The third kappa shape index (κ3) is 4.07. The Morgan fingerprint density at radius 2 is 1.92 bits per heavy atom. The van der Waals surface area contributed by atoms with Gasteiger partial charge in [-0.3, -0.25) is 0 Å². The van der Waals surface area contributed by atoms with Gasteiger partial charge in [0.2, 0.25) is 10.0 Å². The second kappa shape index (κ2) is 7.64. The molecule has 1 saturated heterocycles. The summed E-state index contributed by atoms with van der Waals surface area (Å²) in [4.78, 5) is 2.56. The lowest BCUT2D eigenvalue weighted by Crippen LogP contribution is -2.44. The maximum absolute atomic E-state index is 13.0. The minimum atomic E-state index is -3.53. The van der Waals surface area contributed by atoms with Crippen molar-refractivity contribution in [1.82, 2.24) is 10.0 Å². The van der Waals surface area contributed by atoms with Gasteiger partial charge in [-0.15, -0.1) is 0 Å². The highest BCUT2D eigenvalue weighted by Crippen LogP contribution is 2.31. The number of rotatable bonds is 5. The van der Waals surface area contributed by atoms with Crippen LogP contribution in [0.1, 0.15) is 43.4 Å². The van der Waals surface area contributed by atoms with Crippen molar-refractivity contribution in [3.05, 3.63) is 23.8 Å². The van der Waals surface area contributed by atoms with Crippen molar-refractivity contribution >= 4 is 28.3 Å². The van der Waals surface area contributed by atoms with Crippen LogP contribution in [0.2, 0.25) is 0 Å². The van der Waals surface area contributed by atoms with Gasteiger partial charge in [-0.1, -0.05) is 18.9 Å². The fourth-order valence-electron chi connectivity index (χ4n) is 3.50. The van der Waals surface area contributed by atoms with Crippen LogP contribution >= 0.6 is 12.6 Å². The summed E-state index contributed by atoms with van der Waals surface area (Å²) < 4.78 is 29.0. The monoisotopic (exact) mass is 369 g/mol. The molecular weight excluding hydrogens is 342 g/mol. The van der Waals surface area contributed by atoms with Crippen LogP contribution in [0.4, 0.5) is 5.69 Å². The van der Waals surface area contributed by atoms with E-state index < -0.39 is 10.0 Å². The predicted molar refractivity (Wildman–Crippen MR) is 102 cm³/mol. The van der Waals surface area contributed by atoms with Crippen LogP contribution < -0.4 is 14.9 Å². The van der Waals surface area contributed by atoms with Crippen molar-refractivity contribution in [2.45, 2.75) is 48.8 Å². The number of nitrogens with one attached hydrogen (secondary N) is 2. The highest BCUT2D eigenvalue weighted by Gasteiger charge is 2.27. The van der Waals surface area contributed by atoms with E-state index in [-0.39, 0.29) is 11.3 Å². The summed E-state index contributed by atoms with van der Waals surface area (Å²) in [5.41, 5.74) is 1.74. The molecule has 2 aliphatic rings. The van der Waals surface area contributed by atoms with Crippen molar-refractivity contribution in [1.29, 1.82) is 0 Å². The number of benzene rings is 1. The molecule has 2 N–H and O–H groups in total. The first-order valence-corrected chi connectivity index (χ1v) is 10.8. The van der Waals surface area contributed by atoms with Crippen molar-refractivity contribution < 1.29 is 8.42 Å². The number of nitrogens with zero attached hydrogens (tertiary/aromatic N) is 1. The Hall–Kier alpha value is -0.760. The molecule has 1 aliphatic heterocycles. The quantitative estimate of drug-likeness (QED) is 0.697. The lowest BCUT2D eigenvalue weighted by molar-refractivity contribution is 0.549. The van der Waals surface area contributed by atoms with Crippen LogP contribution in [0.25, 0.3) is 0 Å². The van der Waals surface area contributed by atoms with Crippen LogP contribution in [0, 0.1) is 0 Å². The molecule has 24 heavy (non-hydrogen) atoms. The average molecular weight is 370 g/mol. The second-order valence-corrected chi connectivity index (χ2v) is 9.20. The van der Waals surface area contributed by atoms with E-state index in [4.69, 9.17) is 0 Å². The Balaban J connectivity index is 1.96.